The lowest BCUT2D eigenvalue weighted by atomic mass is 10.0. The fraction of sp³-hybridized carbons (Fsp3) is 0.367. The molecule has 4 aromatic rings. The molecule has 0 fully saturated rings. The van der Waals surface area contributed by atoms with Gasteiger partial charge in [0.25, 0.3) is 5.88 Å². The fourth-order valence-corrected chi connectivity index (χ4v) is 6.19. The summed E-state index contributed by atoms with van der Waals surface area (Å²) in [4.78, 5) is 52.4. The van der Waals surface area contributed by atoms with Gasteiger partial charge in [-0.2, -0.15) is 0 Å². The number of carboxylic acid groups (broad SMARTS) is 2. The number of carbonyl (C=O) groups excluding carboxylic acids is 2. The predicted octanol–water partition coefficient (Wildman–Crippen LogP) is 6.10. The van der Waals surface area contributed by atoms with Crippen LogP contribution in [0.4, 0.5) is 4.39 Å². The monoisotopic (exact) mass is 647 g/mol. The summed E-state index contributed by atoms with van der Waals surface area (Å²) in [6.45, 7) is 3.09. The summed E-state index contributed by atoms with van der Waals surface area (Å²) in [5.74, 6) is -4.63. The Bertz CT molecular complexity index is 1730. The number of thiophene rings is 2. The number of fused-ring (bicyclic) bond motifs is 2. The second kappa shape index (κ2) is 14.0. The number of hydrogen-bond donors (Lipinski definition) is 2. The summed E-state index contributed by atoms with van der Waals surface area (Å²) >= 11 is 2.24. The highest BCUT2D eigenvalue weighted by molar-refractivity contribution is 7.21. The minimum Gasteiger partial charge on any atom is -0.493 e. The third-order valence-corrected chi connectivity index (χ3v) is 8.94. The second-order valence-corrected chi connectivity index (χ2v) is 12.2. The number of benzene rings is 1. The average Bonchev–Trinajstić information content (AvgIpc) is 3.61. The summed E-state index contributed by atoms with van der Waals surface area (Å²) in [6, 6.07) is 6.24. The zero-order valence-electron chi connectivity index (χ0n) is 24.3. The number of ether oxygens (including phenoxy) is 4. The van der Waals surface area contributed by atoms with Gasteiger partial charge in [-0.15, -0.1) is 22.7 Å². The van der Waals surface area contributed by atoms with Gasteiger partial charge in [-0.1, -0.05) is 13.8 Å². The number of carboxylic acids is 2. The number of aromatic nitrogens is 1. The lowest BCUT2D eigenvalue weighted by Gasteiger charge is -2.13. The van der Waals surface area contributed by atoms with E-state index in [-0.39, 0.29) is 65.3 Å². The standard InChI is InChI=1S/C30H30FNO10S2/c1-14(29(35)36)8-18(33)24-10-16-22(43-24)12-20(39-3)27(26(16)31)41-6-5-7-42-28-21(40-4)13-23-17(32-28)11-25(44-23)19(34)9-15(2)30(37)38/h10-15H,5-9H2,1-4H3,(H,35,36)(H,37,38)/t14-,15-/m0/s1. The average molecular weight is 648 g/mol. The Hall–Kier alpha value is -4.30. The molecule has 0 aliphatic heterocycles. The number of carbonyl (C=O) groups is 4. The number of Topliss-reactive ketones (excluding diaryl/α,β-unsaturated/α-hetero) is 2. The number of rotatable bonds is 16. The fourth-order valence-electron chi connectivity index (χ4n) is 4.18. The topological polar surface area (TPSA) is 159 Å². The lowest BCUT2D eigenvalue weighted by Crippen LogP contribution is -2.13. The van der Waals surface area contributed by atoms with Crippen LogP contribution in [0.25, 0.3) is 20.3 Å². The van der Waals surface area contributed by atoms with Gasteiger partial charge in [0, 0.05) is 41.5 Å². The van der Waals surface area contributed by atoms with Crippen molar-refractivity contribution in [3.8, 4) is 23.1 Å². The molecule has 14 heteroatoms. The first-order chi connectivity index (χ1) is 20.9. The zero-order chi connectivity index (χ0) is 32.1. The van der Waals surface area contributed by atoms with Gasteiger partial charge in [0.05, 0.1) is 59.2 Å². The number of pyridine rings is 1. The van der Waals surface area contributed by atoms with Crippen LogP contribution in [0.5, 0.6) is 23.1 Å². The highest BCUT2D eigenvalue weighted by Crippen LogP contribution is 2.40. The molecular formula is C30H30FNO10S2. The molecule has 3 heterocycles. The SMILES string of the molecule is COc1cc2sc(C(=O)C[C@H](C)C(=O)O)cc2nc1OCCCOc1c(OC)cc2sc(C(=O)C[C@H](C)C(=O)O)cc2c1F. The van der Waals surface area contributed by atoms with Crippen LogP contribution in [0.3, 0.4) is 0 Å². The molecule has 3 aromatic heterocycles. The van der Waals surface area contributed by atoms with Gasteiger partial charge in [-0.3, -0.25) is 19.2 Å². The Morgan fingerprint density at radius 2 is 1.36 bits per heavy atom. The molecule has 0 amide bonds. The molecular weight excluding hydrogens is 617 g/mol. The van der Waals surface area contributed by atoms with E-state index in [0.717, 1.165) is 11.3 Å². The maximum Gasteiger partial charge on any atom is 0.306 e. The van der Waals surface area contributed by atoms with Crippen molar-refractivity contribution < 1.29 is 52.7 Å². The number of hydrogen-bond acceptors (Lipinski definition) is 11. The van der Waals surface area contributed by atoms with E-state index < -0.39 is 29.6 Å². The van der Waals surface area contributed by atoms with Crippen LogP contribution in [-0.2, 0) is 9.59 Å². The summed E-state index contributed by atoms with van der Waals surface area (Å²) in [6.07, 6.45) is -0.00224. The first-order valence-corrected chi connectivity index (χ1v) is 15.1. The van der Waals surface area contributed by atoms with Crippen molar-refractivity contribution in [2.24, 2.45) is 11.8 Å². The van der Waals surface area contributed by atoms with Crippen molar-refractivity contribution >= 4 is 66.5 Å². The molecule has 0 radical (unpaired) electrons. The van der Waals surface area contributed by atoms with Crippen LogP contribution < -0.4 is 18.9 Å². The third kappa shape index (κ3) is 7.25. The van der Waals surface area contributed by atoms with E-state index in [1.807, 2.05) is 0 Å². The summed E-state index contributed by atoms with van der Waals surface area (Å²) in [5, 5.41) is 18.4. The number of halogens is 1. The van der Waals surface area contributed by atoms with Crippen LogP contribution in [-0.4, -0.2) is 66.1 Å². The normalized spacial score (nSPS) is 12.6. The van der Waals surface area contributed by atoms with Crippen LogP contribution in [0.15, 0.2) is 24.3 Å². The van der Waals surface area contributed by atoms with Gasteiger partial charge in [-0.25, -0.2) is 9.37 Å². The minimum atomic E-state index is -1.08. The van der Waals surface area contributed by atoms with Crippen LogP contribution in [0.2, 0.25) is 0 Å². The van der Waals surface area contributed by atoms with Crippen molar-refractivity contribution in [2.45, 2.75) is 33.1 Å². The maximum atomic E-state index is 15.5. The van der Waals surface area contributed by atoms with Crippen LogP contribution >= 0.6 is 22.7 Å². The molecule has 0 saturated heterocycles. The van der Waals surface area contributed by atoms with Crippen molar-refractivity contribution in [1.29, 1.82) is 0 Å². The van der Waals surface area contributed by atoms with Crippen LogP contribution in [0.1, 0.15) is 52.5 Å². The minimum absolute atomic E-state index is 0.0499. The quantitative estimate of drug-likeness (QED) is 0.107. The van der Waals surface area contributed by atoms with Crippen molar-refractivity contribution in [3.05, 3.63) is 39.8 Å². The Kier molecular flexibility index (Phi) is 10.4. The van der Waals surface area contributed by atoms with Crippen molar-refractivity contribution in [1.82, 2.24) is 4.98 Å². The molecule has 11 nitrogen and oxygen atoms in total. The number of methoxy groups -OCH3 is 2. The van der Waals surface area contributed by atoms with Gasteiger partial charge < -0.3 is 29.2 Å². The lowest BCUT2D eigenvalue weighted by molar-refractivity contribution is -0.141. The third-order valence-electron chi connectivity index (χ3n) is 6.71. The first-order valence-electron chi connectivity index (χ1n) is 13.5. The van der Waals surface area contributed by atoms with E-state index in [1.54, 1.807) is 18.2 Å². The molecule has 44 heavy (non-hydrogen) atoms. The van der Waals surface area contributed by atoms with E-state index in [9.17, 15) is 19.2 Å². The van der Waals surface area contributed by atoms with Gasteiger partial charge >= 0.3 is 11.9 Å². The van der Waals surface area contributed by atoms with E-state index in [0.29, 0.717) is 32.0 Å². The molecule has 234 valence electrons. The molecule has 2 N–H and O–H groups in total. The predicted molar refractivity (Wildman–Crippen MR) is 162 cm³/mol. The molecule has 0 bridgehead atoms. The molecule has 4 rings (SSSR count). The Morgan fingerprint density at radius 3 is 1.95 bits per heavy atom. The number of aliphatic carboxylic acids is 2. The maximum absolute atomic E-state index is 15.5. The summed E-state index contributed by atoms with van der Waals surface area (Å²) in [5.41, 5.74) is 0.500. The molecule has 0 unspecified atom stereocenters. The Labute approximate surface area is 259 Å². The first kappa shape index (κ1) is 32.6. The summed E-state index contributed by atoms with van der Waals surface area (Å²) in [7, 11) is 2.82. The smallest absolute Gasteiger partial charge is 0.306 e. The van der Waals surface area contributed by atoms with Gasteiger partial charge in [-0.05, 0) is 12.1 Å². The number of nitrogens with zero attached hydrogens (tertiary/aromatic N) is 1. The zero-order valence-corrected chi connectivity index (χ0v) is 25.9. The molecule has 0 aliphatic carbocycles. The Balaban J connectivity index is 1.41. The number of ketones is 2. The van der Waals surface area contributed by atoms with Gasteiger partial charge in [0.2, 0.25) is 0 Å². The van der Waals surface area contributed by atoms with Gasteiger partial charge in [0.1, 0.15) is 0 Å². The van der Waals surface area contributed by atoms with Crippen molar-refractivity contribution in [3.63, 3.8) is 0 Å². The second-order valence-electron chi connectivity index (χ2n) is 10.0. The summed E-state index contributed by atoms with van der Waals surface area (Å²) < 4.78 is 38.8. The molecule has 0 saturated carbocycles. The highest BCUT2D eigenvalue weighted by Gasteiger charge is 2.23. The van der Waals surface area contributed by atoms with E-state index in [4.69, 9.17) is 29.2 Å². The highest BCUT2D eigenvalue weighted by atomic mass is 32.1. The van der Waals surface area contributed by atoms with E-state index in [1.165, 1.54) is 45.5 Å². The van der Waals surface area contributed by atoms with Crippen molar-refractivity contribution in [2.75, 3.05) is 27.4 Å². The Morgan fingerprint density at radius 1 is 0.818 bits per heavy atom. The molecule has 2 atom stereocenters. The molecule has 0 aliphatic rings. The van der Waals surface area contributed by atoms with E-state index in [2.05, 4.69) is 4.98 Å². The largest absolute Gasteiger partial charge is 0.493 e. The van der Waals surface area contributed by atoms with E-state index >= 15 is 4.39 Å². The van der Waals surface area contributed by atoms with Crippen LogP contribution in [0, 0.1) is 17.7 Å². The molecule has 0 spiro atoms. The van der Waals surface area contributed by atoms with Gasteiger partial charge in [0.15, 0.2) is 34.6 Å². The molecule has 1 aromatic carbocycles.